The van der Waals surface area contributed by atoms with E-state index in [1.165, 1.54) is 12.8 Å². The van der Waals surface area contributed by atoms with Crippen LogP contribution in [0.1, 0.15) is 51.2 Å². The van der Waals surface area contributed by atoms with Gasteiger partial charge in [-0.15, -0.1) is 0 Å². The molecular formula is C15H24N2O2S. The van der Waals surface area contributed by atoms with E-state index in [0.717, 1.165) is 18.4 Å². The Hall–Kier alpha value is -1.07. The Morgan fingerprint density at radius 3 is 3.00 bits per heavy atom. The second-order valence-electron chi connectivity index (χ2n) is 6.21. The summed E-state index contributed by atoms with van der Waals surface area (Å²) in [7, 11) is 0. The topological polar surface area (TPSA) is 61.4 Å². The van der Waals surface area contributed by atoms with Crippen molar-refractivity contribution in [2.75, 3.05) is 6.54 Å². The number of thiophene rings is 1. The fraction of sp³-hybridized carbons (Fsp3) is 0.667. The van der Waals surface area contributed by atoms with Gasteiger partial charge in [-0.2, -0.15) is 11.3 Å². The van der Waals surface area contributed by atoms with Gasteiger partial charge in [-0.1, -0.05) is 26.7 Å². The molecule has 1 saturated carbocycles. The second-order valence-corrected chi connectivity index (χ2v) is 6.99. The van der Waals surface area contributed by atoms with Crippen LogP contribution in [0.3, 0.4) is 0 Å². The molecule has 0 aliphatic heterocycles. The number of nitrogens with one attached hydrogen (secondary N) is 2. The maximum Gasteiger partial charge on any atom is 0.315 e. The van der Waals surface area contributed by atoms with E-state index in [0.29, 0.717) is 0 Å². The summed E-state index contributed by atoms with van der Waals surface area (Å²) in [5.74, 6) is 0. The molecule has 0 radical (unpaired) electrons. The fourth-order valence-corrected chi connectivity index (χ4v) is 3.45. The van der Waals surface area contributed by atoms with Crippen molar-refractivity contribution in [3.05, 3.63) is 22.4 Å². The first-order valence-corrected chi connectivity index (χ1v) is 8.18. The molecule has 5 heteroatoms. The lowest BCUT2D eigenvalue weighted by molar-refractivity contribution is 0.156. The molecule has 0 spiro atoms. The Morgan fingerprint density at radius 1 is 1.55 bits per heavy atom. The molecule has 3 N–H and O–H groups in total. The molecule has 0 saturated heterocycles. The molecule has 1 aromatic rings. The lowest BCUT2D eigenvalue weighted by Gasteiger charge is -2.39. The summed E-state index contributed by atoms with van der Waals surface area (Å²) in [5, 5.41) is 19.6. The molecule has 2 unspecified atom stereocenters. The number of carbonyl (C=O) groups excluding carboxylic acids is 1. The summed E-state index contributed by atoms with van der Waals surface area (Å²) in [6, 6.07) is 1.91. The van der Waals surface area contributed by atoms with Crippen LogP contribution in [0.2, 0.25) is 0 Å². The number of urea groups is 1. The van der Waals surface area contributed by atoms with Crippen molar-refractivity contribution in [3.8, 4) is 0 Å². The van der Waals surface area contributed by atoms with Crippen LogP contribution < -0.4 is 10.6 Å². The zero-order chi connectivity index (χ0) is 14.6. The fourth-order valence-electron chi connectivity index (χ4n) is 2.74. The first-order chi connectivity index (χ1) is 9.49. The van der Waals surface area contributed by atoms with Crippen LogP contribution in [0.25, 0.3) is 0 Å². The molecule has 0 bridgehead atoms. The van der Waals surface area contributed by atoms with Crippen molar-refractivity contribution >= 4 is 17.4 Å². The molecule has 2 atom stereocenters. The maximum atomic E-state index is 11.9. The molecule has 1 aliphatic carbocycles. The van der Waals surface area contributed by atoms with E-state index in [9.17, 15) is 9.90 Å². The van der Waals surface area contributed by atoms with Crippen LogP contribution in [0.15, 0.2) is 16.8 Å². The van der Waals surface area contributed by atoms with Crippen molar-refractivity contribution in [1.29, 1.82) is 0 Å². The lowest BCUT2D eigenvalue weighted by Crippen LogP contribution is -2.50. The van der Waals surface area contributed by atoms with Crippen LogP contribution in [0.4, 0.5) is 4.79 Å². The summed E-state index contributed by atoms with van der Waals surface area (Å²) in [6.45, 7) is 4.66. The predicted octanol–water partition coefficient (Wildman–Crippen LogP) is 3.05. The van der Waals surface area contributed by atoms with Crippen molar-refractivity contribution in [3.63, 3.8) is 0 Å². The average Bonchev–Trinajstić information content (AvgIpc) is 2.92. The number of hydrogen-bond donors (Lipinski definition) is 3. The van der Waals surface area contributed by atoms with Crippen molar-refractivity contribution in [2.45, 2.75) is 51.7 Å². The first-order valence-electron chi connectivity index (χ1n) is 7.23. The Bertz CT molecular complexity index is 431. The summed E-state index contributed by atoms with van der Waals surface area (Å²) >= 11 is 1.54. The third kappa shape index (κ3) is 3.96. The van der Waals surface area contributed by atoms with Gasteiger partial charge in [-0.25, -0.2) is 4.79 Å². The maximum absolute atomic E-state index is 11.9. The smallest absolute Gasteiger partial charge is 0.315 e. The van der Waals surface area contributed by atoms with Crippen LogP contribution in [0, 0.1) is 5.41 Å². The molecule has 1 aromatic heterocycles. The van der Waals surface area contributed by atoms with Gasteiger partial charge in [0, 0.05) is 12.6 Å². The van der Waals surface area contributed by atoms with E-state index in [4.69, 9.17) is 0 Å². The number of hydrogen-bond acceptors (Lipinski definition) is 3. The summed E-state index contributed by atoms with van der Waals surface area (Å²) in [5.41, 5.74) is 1.01. The Labute approximate surface area is 124 Å². The predicted molar refractivity (Wildman–Crippen MR) is 81.9 cm³/mol. The molecule has 112 valence electrons. The van der Waals surface area contributed by atoms with Gasteiger partial charge in [0.05, 0.1) is 6.10 Å². The summed E-state index contributed by atoms with van der Waals surface area (Å²) in [6.07, 6.45) is 3.96. The number of aliphatic hydroxyl groups is 1. The van der Waals surface area contributed by atoms with Crippen molar-refractivity contribution in [2.24, 2.45) is 5.41 Å². The third-order valence-corrected chi connectivity index (χ3v) is 4.90. The zero-order valence-corrected chi connectivity index (χ0v) is 13.0. The van der Waals surface area contributed by atoms with E-state index in [1.54, 1.807) is 11.3 Å². The van der Waals surface area contributed by atoms with Crippen LogP contribution in [-0.4, -0.2) is 23.7 Å². The van der Waals surface area contributed by atoms with Crippen LogP contribution >= 0.6 is 11.3 Å². The van der Waals surface area contributed by atoms with Gasteiger partial charge in [-0.3, -0.25) is 0 Å². The summed E-state index contributed by atoms with van der Waals surface area (Å²) < 4.78 is 0. The minimum atomic E-state index is -0.633. The van der Waals surface area contributed by atoms with Crippen molar-refractivity contribution < 1.29 is 9.90 Å². The standard InChI is InChI=1S/C15H24N2O2S/c1-15(2)7-4-3-5-13(15)17-14(19)16-9-12(18)11-6-8-20-10-11/h6,8,10,12-13,18H,3-5,7,9H2,1-2H3,(H2,16,17,19). The Morgan fingerprint density at radius 2 is 2.35 bits per heavy atom. The first kappa shape index (κ1) is 15.3. The van der Waals surface area contributed by atoms with Gasteiger partial charge < -0.3 is 15.7 Å². The van der Waals surface area contributed by atoms with E-state index in [-0.39, 0.29) is 24.0 Å². The van der Waals surface area contributed by atoms with Gasteiger partial charge in [0.15, 0.2) is 0 Å². The van der Waals surface area contributed by atoms with Gasteiger partial charge in [0.2, 0.25) is 0 Å². The molecular weight excluding hydrogens is 272 g/mol. The largest absolute Gasteiger partial charge is 0.387 e. The Kier molecular flexibility index (Phi) is 5.05. The van der Waals surface area contributed by atoms with E-state index < -0.39 is 6.10 Å². The van der Waals surface area contributed by atoms with E-state index >= 15 is 0 Å². The van der Waals surface area contributed by atoms with E-state index in [1.807, 2.05) is 16.8 Å². The molecule has 2 rings (SSSR count). The minimum absolute atomic E-state index is 0.154. The second kappa shape index (κ2) is 6.59. The van der Waals surface area contributed by atoms with Crippen LogP contribution in [-0.2, 0) is 0 Å². The highest BCUT2D eigenvalue weighted by Gasteiger charge is 2.33. The number of carbonyl (C=O) groups is 1. The highest BCUT2D eigenvalue weighted by molar-refractivity contribution is 7.07. The quantitative estimate of drug-likeness (QED) is 0.799. The molecule has 0 aromatic carbocycles. The molecule has 4 nitrogen and oxygen atoms in total. The summed E-state index contributed by atoms with van der Waals surface area (Å²) in [4.78, 5) is 11.9. The van der Waals surface area contributed by atoms with Gasteiger partial charge in [0.1, 0.15) is 0 Å². The number of aliphatic hydroxyl groups excluding tert-OH is 1. The zero-order valence-electron chi connectivity index (χ0n) is 12.2. The highest BCUT2D eigenvalue weighted by atomic mass is 32.1. The van der Waals surface area contributed by atoms with Crippen molar-refractivity contribution in [1.82, 2.24) is 10.6 Å². The minimum Gasteiger partial charge on any atom is -0.387 e. The molecule has 1 aliphatic rings. The average molecular weight is 296 g/mol. The third-order valence-electron chi connectivity index (χ3n) is 4.20. The van der Waals surface area contributed by atoms with Gasteiger partial charge in [0.25, 0.3) is 0 Å². The van der Waals surface area contributed by atoms with Gasteiger partial charge in [-0.05, 0) is 40.6 Å². The van der Waals surface area contributed by atoms with E-state index in [2.05, 4.69) is 24.5 Å². The van der Waals surface area contributed by atoms with Gasteiger partial charge >= 0.3 is 6.03 Å². The Balaban J connectivity index is 1.78. The molecule has 1 fully saturated rings. The monoisotopic (exact) mass is 296 g/mol. The SMILES string of the molecule is CC1(C)CCCCC1NC(=O)NCC(O)c1ccsc1. The molecule has 20 heavy (non-hydrogen) atoms. The molecule has 1 heterocycles. The molecule has 2 amide bonds. The lowest BCUT2D eigenvalue weighted by atomic mass is 9.73. The normalized spacial score (nSPS) is 23.1. The van der Waals surface area contributed by atoms with Crippen LogP contribution in [0.5, 0.6) is 0 Å². The number of rotatable bonds is 4. The highest BCUT2D eigenvalue weighted by Crippen LogP contribution is 2.35. The number of amides is 2.